The second kappa shape index (κ2) is 9.83. The van der Waals surface area contributed by atoms with Crippen LogP contribution in [0, 0.1) is 6.92 Å². The maximum Gasteiger partial charge on any atom is 0.341 e. The van der Waals surface area contributed by atoms with Crippen molar-refractivity contribution in [3.8, 4) is 0 Å². The molecule has 1 aromatic carbocycles. The summed E-state index contributed by atoms with van der Waals surface area (Å²) in [5.74, 6) is -1.52. The number of anilines is 2. The summed E-state index contributed by atoms with van der Waals surface area (Å²) in [5.41, 5.74) is 1.61. The van der Waals surface area contributed by atoms with Gasteiger partial charge in [0.25, 0.3) is 5.91 Å². The summed E-state index contributed by atoms with van der Waals surface area (Å²) in [6, 6.07) is 6.86. The van der Waals surface area contributed by atoms with Crippen molar-refractivity contribution in [2.24, 2.45) is 0 Å². The lowest BCUT2D eigenvalue weighted by Gasteiger charge is -2.11. The molecular weight excluding hydrogens is 394 g/mol. The van der Waals surface area contributed by atoms with Gasteiger partial charge in [-0.25, -0.2) is 4.79 Å². The lowest BCUT2D eigenvalue weighted by atomic mass is 10.1. The van der Waals surface area contributed by atoms with E-state index < -0.39 is 11.9 Å². The second-order valence-corrected chi connectivity index (χ2v) is 7.08. The molecule has 3 N–H and O–H groups in total. The standard InChI is InChI=1S/C20H23N3O5S/c1-5-28-20(27)16-11(2)17(18(26)21-4)29-19(16)23-15(25)10-22-14-9-7-6-8-13(14)12(3)24/h6-9,22H,5,10H2,1-4H3,(H,21,26)(H,23,25). The number of benzene rings is 1. The summed E-state index contributed by atoms with van der Waals surface area (Å²) in [7, 11) is 1.49. The third-order valence-electron chi connectivity index (χ3n) is 4.06. The Morgan fingerprint density at radius 1 is 1.14 bits per heavy atom. The van der Waals surface area contributed by atoms with E-state index in [0.29, 0.717) is 21.7 Å². The maximum atomic E-state index is 12.5. The molecule has 0 fully saturated rings. The molecule has 1 aromatic heterocycles. The van der Waals surface area contributed by atoms with E-state index in [1.807, 2.05) is 0 Å². The minimum Gasteiger partial charge on any atom is -0.462 e. The number of para-hydroxylation sites is 1. The molecule has 0 aliphatic heterocycles. The molecule has 0 aliphatic rings. The van der Waals surface area contributed by atoms with Crippen molar-refractivity contribution in [2.45, 2.75) is 20.8 Å². The van der Waals surface area contributed by atoms with Gasteiger partial charge in [-0.3, -0.25) is 14.4 Å². The number of nitrogens with one attached hydrogen (secondary N) is 3. The number of carbonyl (C=O) groups excluding carboxylic acids is 4. The zero-order valence-electron chi connectivity index (χ0n) is 16.7. The van der Waals surface area contributed by atoms with Crippen LogP contribution in [0.2, 0.25) is 0 Å². The zero-order valence-corrected chi connectivity index (χ0v) is 17.5. The first-order chi connectivity index (χ1) is 13.8. The number of thiophene rings is 1. The molecule has 0 atom stereocenters. The van der Waals surface area contributed by atoms with Crippen molar-refractivity contribution in [3.05, 3.63) is 45.8 Å². The summed E-state index contributed by atoms with van der Waals surface area (Å²) in [5, 5.41) is 8.34. The molecule has 0 saturated heterocycles. The average molecular weight is 417 g/mol. The fourth-order valence-corrected chi connectivity index (χ4v) is 3.83. The van der Waals surface area contributed by atoms with Gasteiger partial charge in [0.15, 0.2) is 5.78 Å². The van der Waals surface area contributed by atoms with Crippen molar-refractivity contribution >= 4 is 45.6 Å². The molecule has 0 saturated carbocycles. The summed E-state index contributed by atoms with van der Waals surface area (Å²) >= 11 is 1.00. The highest BCUT2D eigenvalue weighted by molar-refractivity contribution is 7.18. The van der Waals surface area contributed by atoms with Gasteiger partial charge in [-0.2, -0.15) is 0 Å². The monoisotopic (exact) mass is 417 g/mol. The summed E-state index contributed by atoms with van der Waals surface area (Å²) in [4.78, 5) is 48.9. The van der Waals surface area contributed by atoms with Crippen LogP contribution in [0.1, 0.15) is 49.8 Å². The number of amides is 2. The zero-order chi connectivity index (χ0) is 21.6. The average Bonchev–Trinajstić information content (AvgIpc) is 3.01. The molecule has 1 heterocycles. The number of rotatable bonds is 8. The van der Waals surface area contributed by atoms with Gasteiger partial charge in [0.05, 0.1) is 23.6 Å². The van der Waals surface area contributed by atoms with Crippen LogP contribution >= 0.6 is 11.3 Å². The van der Waals surface area contributed by atoms with Crippen LogP contribution in [0.15, 0.2) is 24.3 Å². The predicted octanol–water partition coefficient (Wildman–Crippen LogP) is 2.85. The van der Waals surface area contributed by atoms with E-state index >= 15 is 0 Å². The van der Waals surface area contributed by atoms with Gasteiger partial charge in [-0.15, -0.1) is 11.3 Å². The molecule has 0 unspecified atom stereocenters. The summed E-state index contributed by atoms with van der Waals surface area (Å²) < 4.78 is 5.06. The van der Waals surface area contributed by atoms with Crippen molar-refractivity contribution in [1.82, 2.24) is 5.32 Å². The van der Waals surface area contributed by atoms with Crippen LogP contribution < -0.4 is 16.0 Å². The van der Waals surface area contributed by atoms with E-state index in [4.69, 9.17) is 4.74 Å². The van der Waals surface area contributed by atoms with E-state index in [1.165, 1.54) is 14.0 Å². The SMILES string of the molecule is CCOC(=O)c1c(NC(=O)CNc2ccccc2C(C)=O)sc(C(=O)NC)c1C. The molecule has 2 rings (SSSR count). The van der Waals surface area contributed by atoms with Crippen molar-refractivity contribution < 1.29 is 23.9 Å². The van der Waals surface area contributed by atoms with Crippen molar-refractivity contribution in [1.29, 1.82) is 0 Å². The normalized spacial score (nSPS) is 10.2. The van der Waals surface area contributed by atoms with E-state index in [9.17, 15) is 19.2 Å². The first-order valence-electron chi connectivity index (χ1n) is 8.96. The summed E-state index contributed by atoms with van der Waals surface area (Å²) in [6.07, 6.45) is 0. The first kappa shape index (κ1) is 22.1. The minimum absolute atomic E-state index is 0.123. The fourth-order valence-electron chi connectivity index (χ4n) is 2.67. The smallest absolute Gasteiger partial charge is 0.341 e. The Hall–Kier alpha value is -3.20. The lowest BCUT2D eigenvalue weighted by Crippen LogP contribution is -2.23. The van der Waals surface area contributed by atoms with Crippen molar-refractivity contribution in [2.75, 3.05) is 30.8 Å². The van der Waals surface area contributed by atoms with Gasteiger partial charge in [-0.1, -0.05) is 12.1 Å². The topological polar surface area (TPSA) is 114 Å². The lowest BCUT2D eigenvalue weighted by molar-refractivity contribution is -0.114. The highest BCUT2D eigenvalue weighted by atomic mass is 32.1. The molecular formula is C20H23N3O5S. The molecule has 2 aromatic rings. The van der Waals surface area contributed by atoms with Crippen LogP contribution in [0.25, 0.3) is 0 Å². The molecule has 9 heteroatoms. The molecule has 29 heavy (non-hydrogen) atoms. The number of hydrogen-bond donors (Lipinski definition) is 3. The molecule has 8 nitrogen and oxygen atoms in total. The molecule has 154 valence electrons. The van der Waals surface area contributed by atoms with E-state index in [2.05, 4.69) is 16.0 Å². The van der Waals surface area contributed by atoms with Crippen LogP contribution in [-0.2, 0) is 9.53 Å². The molecule has 0 spiro atoms. The minimum atomic E-state index is -0.610. The van der Waals surface area contributed by atoms with Crippen molar-refractivity contribution in [3.63, 3.8) is 0 Å². The number of Topliss-reactive ketones (excluding diaryl/α,β-unsaturated/α-hetero) is 1. The number of carbonyl (C=O) groups is 4. The van der Waals surface area contributed by atoms with Gasteiger partial charge in [0.2, 0.25) is 5.91 Å². The highest BCUT2D eigenvalue weighted by Gasteiger charge is 2.26. The summed E-state index contributed by atoms with van der Waals surface area (Å²) in [6.45, 7) is 4.79. The Bertz CT molecular complexity index is 952. The van der Waals surface area contributed by atoms with Crippen LogP contribution in [-0.4, -0.2) is 43.8 Å². The molecule has 0 aliphatic carbocycles. The number of esters is 1. The van der Waals surface area contributed by atoms with E-state index in [1.54, 1.807) is 38.1 Å². The Morgan fingerprint density at radius 2 is 1.83 bits per heavy atom. The Morgan fingerprint density at radius 3 is 2.45 bits per heavy atom. The van der Waals surface area contributed by atoms with Gasteiger partial charge in [-0.05, 0) is 38.5 Å². The Balaban J connectivity index is 2.22. The third kappa shape index (κ3) is 5.20. The van der Waals surface area contributed by atoms with Gasteiger partial charge in [0.1, 0.15) is 5.00 Å². The predicted molar refractivity (Wildman–Crippen MR) is 112 cm³/mol. The van der Waals surface area contributed by atoms with Gasteiger partial charge < -0.3 is 20.7 Å². The Labute approximate surface area is 172 Å². The number of ether oxygens (including phenoxy) is 1. The fraction of sp³-hybridized carbons (Fsp3) is 0.300. The third-order valence-corrected chi connectivity index (χ3v) is 5.26. The van der Waals surface area contributed by atoms with E-state index in [0.717, 1.165) is 11.3 Å². The van der Waals surface area contributed by atoms with Gasteiger partial charge >= 0.3 is 5.97 Å². The second-order valence-electron chi connectivity index (χ2n) is 6.06. The van der Waals surface area contributed by atoms with Crippen LogP contribution in [0.4, 0.5) is 10.7 Å². The largest absolute Gasteiger partial charge is 0.462 e. The molecule has 0 bridgehead atoms. The molecule has 2 amide bonds. The highest BCUT2D eigenvalue weighted by Crippen LogP contribution is 2.33. The quantitative estimate of drug-likeness (QED) is 0.450. The Kier molecular flexibility index (Phi) is 7.49. The molecule has 0 radical (unpaired) electrons. The first-order valence-corrected chi connectivity index (χ1v) is 9.78. The van der Waals surface area contributed by atoms with E-state index in [-0.39, 0.29) is 35.4 Å². The van der Waals surface area contributed by atoms with Crippen LogP contribution in [0.5, 0.6) is 0 Å². The number of hydrogen-bond acceptors (Lipinski definition) is 7. The van der Waals surface area contributed by atoms with Crippen LogP contribution in [0.3, 0.4) is 0 Å². The van der Waals surface area contributed by atoms with Gasteiger partial charge in [0, 0.05) is 18.3 Å². The maximum absolute atomic E-state index is 12.5. The number of ketones is 1.